The summed E-state index contributed by atoms with van der Waals surface area (Å²) in [6, 6.07) is 10.4. The summed E-state index contributed by atoms with van der Waals surface area (Å²) in [5.74, 6) is -1.05. The molecule has 126 valence electrons. The largest absolute Gasteiger partial charge is 0.478 e. The predicted molar refractivity (Wildman–Crippen MR) is 97.4 cm³/mol. The number of halogens is 3. The van der Waals surface area contributed by atoms with E-state index in [2.05, 4.69) is 0 Å². The summed E-state index contributed by atoms with van der Waals surface area (Å²) in [4.78, 5) is 22.5. The standard InChI is InChI=1S/C14H8Cl3NO4S2/c15-14(16,17)10-7-8(18(21)22)5-6-12(10)24-23-11-4-2-1-3-9(11)13(19)20/h1-7H,(H,19,20). The molecule has 0 aliphatic heterocycles. The van der Waals surface area contributed by atoms with Crippen molar-refractivity contribution in [1.29, 1.82) is 0 Å². The molecule has 0 radical (unpaired) electrons. The number of non-ortho nitro benzene ring substituents is 1. The molecule has 24 heavy (non-hydrogen) atoms. The lowest BCUT2D eigenvalue weighted by Crippen LogP contribution is -2.03. The molecular weight excluding hydrogens is 417 g/mol. The van der Waals surface area contributed by atoms with Crippen molar-refractivity contribution in [1.82, 2.24) is 0 Å². The van der Waals surface area contributed by atoms with Gasteiger partial charge >= 0.3 is 5.97 Å². The highest BCUT2D eigenvalue weighted by molar-refractivity contribution is 8.76. The first-order valence-electron chi connectivity index (χ1n) is 6.22. The fourth-order valence-corrected chi connectivity index (χ4v) is 4.76. The quantitative estimate of drug-likeness (QED) is 0.278. The normalized spacial score (nSPS) is 11.3. The van der Waals surface area contributed by atoms with Crippen molar-refractivity contribution in [2.24, 2.45) is 0 Å². The van der Waals surface area contributed by atoms with E-state index in [1.165, 1.54) is 24.3 Å². The van der Waals surface area contributed by atoms with E-state index in [0.717, 1.165) is 21.6 Å². The summed E-state index contributed by atoms with van der Waals surface area (Å²) in [6.07, 6.45) is 0. The van der Waals surface area contributed by atoms with Crippen molar-refractivity contribution in [3.63, 3.8) is 0 Å². The van der Waals surface area contributed by atoms with E-state index in [9.17, 15) is 20.0 Å². The minimum absolute atomic E-state index is 0.146. The van der Waals surface area contributed by atoms with Gasteiger partial charge < -0.3 is 5.11 Å². The lowest BCUT2D eigenvalue weighted by molar-refractivity contribution is -0.385. The highest BCUT2D eigenvalue weighted by atomic mass is 35.6. The van der Waals surface area contributed by atoms with E-state index < -0.39 is 14.7 Å². The van der Waals surface area contributed by atoms with E-state index in [0.29, 0.717) is 9.79 Å². The third kappa shape index (κ3) is 4.70. The van der Waals surface area contributed by atoms with Crippen LogP contribution in [0.5, 0.6) is 0 Å². The molecule has 0 aromatic heterocycles. The Morgan fingerprint density at radius 1 is 1.08 bits per heavy atom. The smallest absolute Gasteiger partial charge is 0.336 e. The molecule has 0 unspecified atom stereocenters. The van der Waals surface area contributed by atoms with Gasteiger partial charge in [-0.1, -0.05) is 68.5 Å². The molecule has 0 heterocycles. The average molecular weight is 425 g/mol. The zero-order valence-corrected chi connectivity index (χ0v) is 15.5. The predicted octanol–water partition coefficient (Wildman–Crippen LogP) is 5.92. The van der Waals surface area contributed by atoms with E-state index in [-0.39, 0.29) is 16.8 Å². The Hall–Kier alpha value is -1.12. The van der Waals surface area contributed by atoms with Crippen LogP contribution in [0, 0.1) is 10.1 Å². The van der Waals surface area contributed by atoms with Crippen molar-refractivity contribution in [2.75, 3.05) is 0 Å². The number of rotatable bonds is 5. The zero-order chi connectivity index (χ0) is 17.9. The van der Waals surface area contributed by atoms with Crippen molar-refractivity contribution in [2.45, 2.75) is 13.6 Å². The molecule has 1 N–H and O–H groups in total. The molecule has 0 saturated carbocycles. The third-order valence-electron chi connectivity index (χ3n) is 2.82. The molecule has 2 aromatic carbocycles. The fraction of sp³-hybridized carbons (Fsp3) is 0.0714. The number of nitro benzene ring substituents is 1. The summed E-state index contributed by atoms with van der Waals surface area (Å²) >= 11 is 17.7. The van der Waals surface area contributed by atoms with Crippen LogP contribution in [0.4, 0.5) is 5.69 Å². The van der Waals surface area contributed by atoms with Gasteiger partial charge in [0.05, 0.1) is 10.5 Å². The Labute approximate surface area is 159 Å². The number of alkyl halides is 3. The number of carbonyl (C=O) groups is 1. The maximum atomic E-state index is 11.2. The van der Waals surface area contributed by atoms with Crippen LogP contribution in [0.1, 0.15) is 15.9 Å². The maximum Gasteiger partial charge on any atom is 0.336 e. The van der Waals surface area contributed by atoms with Crippen molar-refractivity contribution >= 4 is 68.0 Å². The number of nitro groups is 1. The maximum absolute atomic E-state index is 11.2. The van der Waals surface area contributed by atoms with Crippen molar-refractivity contribution in [3.8, 4) is 0 Å². The van der Waals surface area contributed by atoms with E-state index in [1.54, 1.807) is 18.2 Å². The molecule has 0 aliphatic carbocycles. The first-order chi connectivity index (χ1) is 11.2. The molecule has 2 aromatic rings. The van der Waals surface area contributed by atoms with Crippen LogP contribution in [0.3, 0.4) is 0 Å². The Bertz CT molecular complexity index is 796. The van der Waals surface area contributed by atoms with Crippen LogP contribution in [0.25, 0.3) is 0 Å². The lowest BCUT2D eigenvalue weighted by Gasteiger charge is -2.15. The van der Waals surface area contributed by atoms with Crippen LogP contribution in [0.2, 0.25) is 0 Å². The lowest BCUT2D eigenvalue weighted by atomic mass is 10.2. The second-order valence-corrected chi connectivity index (χ2v) is 8.90. The fourth-order valence-electron chi connectivity index (χ4n) is 1.73. The molecule has 5 nitrogen and oxygen atoms in total. The second kappa shape index (κ2) is 7.84. The summed E-state index contributed by atoms with van der Waals surface area (Å²) in [7, 11) is 2.32. The number of aromatic carboxylic acids is 1. The molecule has 10 heteroatoms. The number of nitrogens with zero attached hydrogens (tertiary/aromatic N) is 1. The van der Waals surface area contributed by atoms with Gasteiger partial charge in [0.1, 0.15) is 0 Å². The van der Waals surface area contributed by atoms with Crippen LogP contribution in [-0.4, -0.2) is 16.0 Å². The summed E-state index contributed by atoms with van der Waals surface area (Å²) in [5, 5.41) is 20.1. The SMILES string of the molecule is O=C(O)c1ccccc1SSc1ccc([N+](=O)[O-])cc1C(Cl)(Cl)Cl. The molecular formula is C14H8Cl3NO4S2. The Morgan fingerprint density at radius 2 is 1.71 bits per heavy atom. The highest BCUT2D eigenvalue weighted by Crippen LogP contribution is 2.48. The number of hydrogen-bond acceptors (Lipinski definition) is 5. The Morgan fingerprint density at radius 3 is 2.29 bits per heavy atom. The highest BCUT2D eigenvalue weighted by Gasteiger charge is 2.29. The molecule has 0 fully saturated rings. The topological polar surface area (TPSA) is 80.4 Å². The van der Waals surface area contributed by atoms with E-state index in [1.807, 2.05) is 0 Å². The van der Waals surface area contributed by atoms with Crippen LogP contribution >= 0.6 is 56.4 Å². The molecule has 0 amide bonds. The van der Waals surface area contributed by atoms with Crippen LogP contribution in [-0.2, 0) is 3.79 Å². The Balaban J connectivity index is 2.34. The van der Waals surface area contributed by atoms with Gasteiger partial charge in [0.2, 0.25) is 3.79 Å². The minimum atomic E-state index is -1.85. The average Bonchev–Trinajstić information content (AvgIpc) is 2.52. The van der Waals surface area contributed by atoms with Crippen molar-refractivity contribution in [3.05, 3.63) is 63.7 Å². The number of carboxylic acid groups (broad SMARTS) is 1. The first-order valence-corrected chi connectivity index (χ1v) is 9.51. The van der Waals surface area contributed by atoms with Gasteiger partial charge in [-0.2, -0.15) is 0 Å². The Kier molecular flexibility index (Phi) is 6.28. The first kappa shape index (κ1) is 19.2. The van der Waals surface area contributed by atoms with Gasteiger partial charge in [-0.3, -0.25) is 10.1 Å². The van der Waals surface area contributed by atoms with Gasteiger partial charge in [-0.05, 0) is 18.2 Å². The number of benzene rings is 2. The third-order valence-corrected chi connectivity index (χ3v) is 5.91. The van der Waals surface area contributed by atoms with Gasteiger partial charge in [0, 0.05) is 27.5 Å². The minimum Gasteiger partial charge on any atom is -0.478 e. The van der Waals surface area contributed by atoms with Crippen molar-refractivity contribution < 1.29 is 14.8 Å². The van der Waals surface area contributed by atoms with E-state index in [4.69, 9.17) is 34.8 Å². The summed E-state index contributed by atoms with van der Waals surface area (Å²) < 4.78 is -1.85. The van der Waals surface area contributed by atoms with E-state index >= 15 is 0 Å². The van der Waals surface area contributed by atoms with Crippen LogP contribution < -0.4 is 0 Å². The zero-order valence-electron chi connectivity index (χ0n) is 11.6. The monoisotopic (exact) mass is 423 g/mol. The number of hydrogen-bond donors (Lipinski definition) is 1. The van der Waals surface area contributed by atoms with Gasteiger partial charge in [0.15, 0.2) is 0 Å². The van der Waals surface area contributed by atoms with Gasteiger partial charge in [-0.15, -0.1) is 0 Å². The second-order valence-electron chi connectivity index (χ2n) is 4.40. The summed E-state index contributed by atoms with van der Waals surface area (Å²) in [6.45, 7) is 0. The molecule has 0 atom stereocenters. The summed E-state index contributed by atoms with van der Waals surface area (Å²) in [5.41, 5.74) is 0.107. The number of carboxylic acids is 1. The molecule has 0 aliphatic rings. The molecule has 0 bridgehead atoms. The molecule has 2 rings (SSSR count). The van der Waals surface area contributed by atoms with Crippen LogP contribution in [0.15, 0.2) is 52.3 Å². The van der Waals surface area contributed by atoms with Gasteiger partial charge in [-0.25, -0.2) is 4.79 Å². The molecule has 0 saturated heterocycles. The molecule has 0 spiro atoms. The van der Waals surface area contributed by atoms with Gasteiger partial charge in [0.25, 0.3) is 5.69 Å².